The van der Waals surface area contributed by atoms with Gasteiger partial charge < -0.3 is 4.74 Å². The van der Waals surface area contributed by atoms with Gasteiger partial charge in [-0.3, -0.25) is 10.1 Å². The first-order valence-electron chi connectivity index (χ1n) is 8.42. The van der Waals surface area contributed by atoms with E-state index in [1.807, 2.05) is 6.92 Å². The van der Waals surface area contributed by atoms with Crippen LogP contribution in [0.5, 0.6) is 0 Å². The maximum Gasteiger partial charge on any atom is 0.325 e. The molecule has 0 spiro atoms. The maximum absolute atomic E-state index is 12.0. The summed E-state index contributed by atoms with van der Waals surface area (Å²) in [5, 5.41) is 3.36. The normalized spacial score (nSPS) is 18.9. The molecule has 1 aliphatic rings. The third-order valence-electron chi connectivity index (χ3n) is 4.29. The van der Waals surface area contributed by atoms with Crippen molar-refractivity contribution in [1.82, 2.24) is 5.32 Å². The Morgan fingerprint density at radius 1 is 1.33 bits per heavy atom. The molecule has 0 aromatic carbocycles. The van der Waals surface area contributed by atoms with Crippen LogP contribution in [0.2, 0.25) is 0 Å². The van der Waals surface area contributed by atoms with Crippen LogP contribution in [-0.2, 0) is 9.53 Å². The fourth-order valence-corrected chi connectivity index (χ4v) is 4.45. The molecule has 21 heavy (non-hydrogen) atoms. The van der Waals surface area contributed by atoms with E-state index in [9.17, 15) is 4.79 Å². The van der Waals surface area contributed by atoms with E-state index >= 15 is 0 Å². The highest BCUT2D eigenvalue weighted by Gasteiger charge is 2.33. The van der Waals surface area contributed by atoms with Gasteiger partial charge in [0.05, 0.1) is 7.11 Å². The summed E-state index contributed by atoms with van der Waals surface area (Å²) in [7, 11) is 1.47. The van der Waals surface area contributed by atoms with Crippen LogP contribution in [0.15, 0.2) is 0 Å². The minimum absolute atomic E-state index is 0.144. The second-order valence-electron chi connectivity index (χ2n) is 6.81. The predicted octanol–water partition coefficient (Wildman–Crippen LogP) is 4.01. The van der Waals surface area contributed by atoms with Crippen LogP contribution in [0.25, 0.3) is 0 Å². The minimum Gasteiger partial charge on any atom is -0.468 e. The van der Waals surface area contributed by atoms with E-state index in [1.165, 1.54) is 50.7 Å². The zero-order valence-electron chi connectivity index (χ0n) is 14.2. The quantitative estimate of drug-likeness (QED) is 0.488. The van der Waals surface area contributed by atoms with E-state index in [-0.39, 0.29) is 12.0 Å². The summed E-state index contributed by atoms with van der Waals surface area (Å²) < 4.78 is 4.96. The molecule has 3 nitrogen and oxygen atoms in total. The summed E-state index contributed by atoms with van der Waals surface area (Å²) in [6.07, 6.45) is 8.85. The lowest BCUT2D eigenvalue weighted by Crippen LogP contribution is -2.52. The third-order valence-corrected chi connectivity index (χ3v) is 5.57. The van der Waals surface area contributed by atoms with Crippen molar-refractivity contribution in [3.05, 3.63) is 0 Å². The molecule has 0 aromatic rings. The van der Waals surface area contributed by atoms with Gasteiger partial charge in [-0.2, -0.15) is 11.8 Å². The number of hydrogen-bond donors (Lipinski definition) is 1. The number of carbonyl (C=O) groups is 1. The van der Waals surface area contributed by atoms with Crippen molar-refractivity contribution >= 4 is 17.7 Å². The first kappa shape index (κ1) is 18.8. The van der Waals surface area contributed by atoms with Gasteiger partial charge >= 0.3 is 5.97 Å². The monoisotopic (exact) mass is 315 g/mol. The number of carbonyl (C=O) groups excluding carboxylic acids is 1. The SMILES string of the molecule is COC(=O)C(C)(CCCCSCC1CCCC1)NC(C)C. The van der Waals surface area contributed by atoms with E-state index in [2.05, 4.69) is 30.9 Å². The molecule has 0 amide bonds. The molecule has 0 saturated heterocycles. The van der Waals surface area contributed by atoms with E-state index < -0.39 is 5.54 Å². The fraction of sp³-hybridized carbons (Fsp3) is 0.941. The molecule has 0 heterocycles. The highest BCUT2D eigenvalue weighted by atomic mass is 32.2. The van der Waals surface area contributed by atoms with Crippen LogP contribution >= 0.6 is 11.8 Å². The lowest BCUT2D eigenvalue weighted by atomic mass is 9.94. The molecule has 1 unspecified atom stereocenters. The zero-order chi connectivity index (χ0) is 15.7. The molecular weight excluding hydrogens is 282 g/mol. The average molecular weight is 316 g/mol. The van der Waals surface area contributed by atoms with Gasteiger partial charge in [0, 0.05) is 6.04 Å². The van der Waals surface area contributed by atoms with Crippen molar-refractivity contribution in [2.24, 2.45) is 5.92 Å². The molecule has 1 rings (SSSR count). The Morgan fingerprint density at radius 2 is 2.00 bits per heavy atom. The Labute approximate surface area is 135 Å². The van der Waals surface area contributed by atoms with Gasteiger partial charge in [-0.15, -0.1) is 0 Å². The van der Waals surface area contributed by atoms with Crippen molar-refractivity contribution in [2.45, 2.75) is 77.3 Å². The van der Waals surface area contributed by atoms with Crippen molar-refractivity contribution in [1.29, 1.82) is 0 Å². The number of rotatable bonds is 10. The molecule has 0 aliphatic heterocycles. The summed E-state index contributed by atoms with van der Waals surface area (Å²) in [5.41, 5.74) is -0.543. The van der Waals surface area contributed by atoms with Crippen molar-refractivity contribution in [3.63, 3.8) is 0 Å². The smallest absolute Gasteiger partial charge is 0.325 e. The van der Waals surface area contributed by atoms with Crippen LogP contribution in [0.3, 0.4) is 0 Å². The number of thioether (sulfide) groups is 1. The Kier molecular flexibility index (Phi) is 8.72. The van der Waals surface area contributed by atoms with Gasteiger partial charge in [0.15, 0.2) is 0 Å². The van der Waals surface area contributed by atoms with Gasteiger partial charge in [-0.1, -0.05) is 19.3 Å². The van der Waals surface area contributed by atoms with Crippen LogP contribution in [0, 0.1) is 5.92 Å². The summed E-state index contributed by atoms with van der Waals surface area (Å²) in [6, 6.07) is 0.283. The standard InChI is InChI=1S/C17H33NO2S/c1-14(2)18-17(3,16(19)20-4)11-7-8-12-21-13-15-9-5-6-10-15/h14-15,18H,5-13H2,1-4H3. The Morgan fingerprint density at radius 3 is 2.57 bits per heavy atom. The lowest BCUT2D eigenvalue weighted by molar-refractivity contribution is -0.148. The topological polar surface area (TPSA) is 38.3 Å². The van der Waals surface area contributed by atoms with Gasteiger partial charge in [0.25, 0.3) is 0 Å². The highest BCUT2D eigenvalue weighted by molar-refractivity contribution is 7.99. The van der Waals surface area contributed by atoms with Crippen LogP contribution in [0.4, 0.5) is 0 Å². The molecule has 1 saturated carbocycles. The molecule has 1 aliphatic carbocycles. The third kappa shape index (κ3) is 7.05. The molecule has 1 fully saturated rings. The number of ether oxygens (including phenoxy) is 1. The van der Waals surface area contributed by atoms with E-state index in [0.717, 1.165) is 18.8 Å². The van der Waals surface area contributed by atoms with E-state index in [0.29, 0.717) is 0 Å². The Bertz CT molecular complexity index is 303. The first-order chi connectivity index (χ1) is 9.98. The van der Waals surface area contributed by atoms with Crippen molar-refractivity contribution in [2.75, 3.05) is 18.6 Å². The van der Waals surface area contributed by atoms with Crippen LogP contribution in [-0.4, -0.2) is 36.2 Å². The number of methoxy groups -OCH3 is 1. The molecule has 1 N–H and O–H groups in total. The van der Waals surface area contributed by atoms with E-state index in [4.69, 9.17) is 4.74 Å². The summed E-state index contributed by atoms with van der Waals surface area (Å²) in [6.45, 7) is 6.10. The van der Waals surface area contributed by atoms with E-state index in [1.54, 1.807) is 0 Å². The number of nitrogens with one attached hydrogen (secondary N) is 1. The van der Waals surface area contributed by atoms with Gasteiger partial charge in [0.2, 0.25) is 0 Å². The van der Waals surface area contributed by atoms with Gasteiger partial charge in [-0.05, 0) is 63.9 Å². The fourth-order valence-electron chi connectivity index (χ4n) is 3.21. The number of unbranched alkanes of at least 4 members (excludes halogenated alkanes) is 1. The highest BCUT2D eigenvalue weighted by Crippen LogP contribution is 2.28. The molecular formula is C17H33NO2S. The maximum atomic E-state index is 12.0. The Hall–Kier alpha value is -0.220. The molecule has 0 bridgehead atoms. The number of hydrogen-bond acceptors (Lipinski definition) is 4. The first-order valence-corrected chi connectivity index (χ1v) is 9.57. The average Bonchev–Trinajstić information content (AvgIpc) is 2.94. The number of esters is 1. The van der Waals surface area contributed by atoms with Crippen LogP contribution < -0.4 is 5.32 Å². The second-order valence-corrected chi connectivity index (χ2v) is 7.96. The predicted molar refractivity (Wildman–Crippen MR) is 91.8 cm³/mol. The van der Waals surface area contributed by atoms with Crippen molar-refractivity contribution in [3.8, 4) is 0 Å². The Balaban J connectivity index is 2.18. The summed E-state index contributed by atoms with van der Waals surface area (Å²) >= 11 is 2.09. The molecule has 0 aromatic heterocycles. The lowest BCUT2D eigenvalue weighted by Gasteiger charge is -2.30. The van der Waals surface area contributed by atoms with Crippen molar-refractivity contribution < 1.29 is 9.53 Å². The van der Waals surface area contributed by atoms with Gasteiger partial charge in [0.1, 0.15) is 5.54 Å². The van der Waals surface area contributed by atoms with Gasteiger partial charge in [-0.25, -0.2) is 0 Å². The second kappa shape index (κ2) is 9.73. The molecule has 0 radical (unpaired) electrons. The summed E-state index contributed by atoms with van der Waals surface area (Å²) in [5.74, 6) is 3.38. The minimum atomic E-state index is -0.543. The van der Waals surface area contributed by atoms with Crippen LogP contribution in [0.1, 0.15) is 65.7 Å². The summed E-state index contributed by atoms with van der Waals surface area (Å²) in [4.78, 5) is 12.0. The molecule has 1 atom stereocenters. The molecule has 4 heteroatoms. The zero-order valence-corrected chi connectivity index (χ0v) is 15.1. The molecule has 124 valence electrons. The largest absolute Gasteiger partial charge is 0.468 e.